The van der Waals surface area contributed by atoms with Gasteiger partial charge in [0.15, 0.2) is 0 Å². The van der Waals surface area contributed by atoms with Gasteiger partial charge < -0.3 is 5.11 Å². The first-order valence-corrected chi connectivity index (χ1v) is 4.73. The molecule has 1 heterocycles. The molecule has 0 amide bonds. The molecule has 78 valence electrons. The number of carboxylic acid groups (broad SMARTS) is 1. The molecule has 1 aromatic heterocycles. The highest BCUT2D eigenvalue weighted by Gasteiger charge is 2.03. The molecule has 3 nitrogen and oxygen atoms in total. The molecule has 0 aliphatic carbocycles. The van der Waals surface area contributed by atoms with E-state index in [-0.39, 0.29) is 5.56 Å². The summed E-state index contributed by atoms with van der Waals surface area (Å²) in [7, 11) is 0. The normalized spacial score (nSPS) is 10.1. The van der Waals surface area contributed by atoms with Crippen LogP contribution in [0.2, 0.25) is 0 Å². The summed E-state index contributed by atoms with van der Waals surface area (Å²) in [6, 6.07) is 11.9. The number of hydrogen-bond acceptors (Lipinski definition) is 2. The number of rotatable bonds is 2. The second kappa shape index (κ2) is 4.14. The highest BCUT2D eigenvalue weighted by molar-refractivity contribution is 5.88. The highest BCUT2D eigenvalue weighted by atomic mass is 16.4. The van der Waals surface area contributed by atoms with Gasteiger partial charge in [0.1, 0.15) is 0 Å². The molecule has 0 aliphatic rings. The van der Waals surface area contributed by atoms with Crippen LogP contribution < -0.4 is 0 Å². The maximum absolute atomic E-state index is 10.7. The minimum Gasteiger partial charge on any atom is -0.478 e. The van der Waals surface area contributed by atoms with E-state index < -0.39 is 5.97 Å². The van der Waals surface area contributed by atoms with Gasteiger partial charge in [0.05, 0.1) is 11.3 Å². The average Bonchev–Trinajstić information content (AvgIpc) is 2.29. The molecule has 0 fully saturated rings. The summed E-state index contributed by atoms with van der Waals surface area (Å²) in [6.07, 6.45) is 0. The quantitative estimate of drug-likeness (QED) is 0.830. The first-order chi connectivity index (χ1) is 7.66. The van der Waals surface area contributed by atoms with Gasteiger partial charge in [0.25, 0.3) is 0 Å². The van der Waals surface area contributed by atoms with Crippen molar-refractivity contribution in [1.29, 1.82) is 0 Å². The maximum atomic E-state index is 10.7. The van der Waals surface area contributed by atoms with Crippen molar-refractivity contribution < 1.29 is 9.90 Å². The molecular formula is C13H9NO2. The van der Waals surface area contributed by atoms with Gasteiger partial charge in [-0.15, -0.1) is 0 Å². The summed E-state index contributed by atoms with van der Waals surface area (Å²) < 4.78 is 0. The summed E-state index contributed by atoms with van der Waals surface area (Å²) in [5.74, 6) is -0.938. The van der Waals surface area contributed by atoms with E-state index in [2.05, 4.69) is 4.98 Å². The van der Waals surface area contributed by atoms with Crippen molar-refractivity contribution in [2.75, 3.05) is 0 Å². The van der Waals surface area contributed by atoms with Gasteiger partial charge in [-0.05, 0) is 24.3 Å². The van der Waals surface area contributed by atoms with Crippen LogP contribution in [-0.2, 0) is 0 Å². The van der Waals surface area contributed by atoms with E-state index in [0.717, 1.165) is 11.3 Å². The number of hydrogen-bond donors (Lipinski definition) is 1. The van der Waals surface area contributed by atoms with Gasteiger partial charge in [-0.3, -0.25) is 4.98 Å². The molecule has 2 rings (SSSR count). The van der Waals surface area contributed by atoms with Gasteiger partial charge in [-0.1, -0.05) is 18.2 Å². The van der Waals surface area contributed by atoms with E-state index in [1.165, 1.54) is 0 Å². The van der Waals surface area contributed by atoms with Gasteiger partial charge in [-0.25, -0.2) is 4.79 Å². The van der Waals surface area contributed by atoms with Crippen molar-refractivity contribution >= 4 is 5.97 Å². The Bertz CT molecular complexity index is 518. The molecule has 0 saturated heterocycles. The number of benzene rings is 1. The van der Waals surface area contributed by atoms with Crippen LogP contribution in [0.3, 0.4) is 0 Å². The standard InChI is InChI=1S/C13H9NO2/c1-9-3-2-4-12(14-9)10-5-7-11(8-6-10)13(15)16/h1-8H,(H,15,16). The highest BCUT2D eigenvalue weighted by Crippen LogP contribution is 2.17. The fourth-order valence-corrected chi connectivity index (χ4v) is 1.40. The molecule has 3 heteroatoms. The van der Waals surface area contributed by atoms with Crippen LogP contribution in [0.25, 0.3) is 11.3 Å². The molecule has 0 bridgehead atoms. The largest absolute Gasteiger partial charge is 0.478 e. The van der Waals surface area contributed by atoms with Crippen LogP contribution in [0.5, 0.6) is 0 Å². The zero-order valence-corrected chi connectivity index (χ0v) is 8.42. The van der Waals surface area contributed by atoms with Crippen LogP contribution in [0.1, 0.15) is 16.1 Å². The third kappa shape index (κ3) is 2.08. The van der Waals surface area contributed by atoms with Gasteiger partial charge in [0.2, 0.25) is 0 Å². The Balaban J connectivity index is 2.38. The zero-order chi connectivity index (χ0) is 11.5. The van der Waals surface area contributed by atoms with Crippen LogP contribution in [0.15, 0.2) is 42.5 Å². The number of carbonyl (C=O) groups is 1. The molecule has 16 heavy (non-hydrogen) atoms. The number of nitrogens with zero attached hydrogens (tertiary/aromatic N) is 1. The molecule has 0 spiro atoms. The monoisotopic (exact) mass is 211 g/mol. The van der Waals surface area contributed by atoms with Crippen molar-refractivity contribution in [2.45, 2.75) is 0 Å². The van der Waals surface area contributed by atoms with E-state index in [1.807, 2.05) is 12.1 Å². The second-order valence-electron chi connectivity index (χ2n) is 3.33. The van der Waals surface area contributed by atoms with E-state index in [0.29, 0.717) is 5.69 Å². The first-order valence-electron chi connectivity index (χ1n) is 4.73. The Morgan fingerprint density at radius 2 is 1.81 bits per heavy atom. The average molecular weight is 211 g/mol. The fourth-order valence-electron chi connectivity index (χ4n) is 1.40. The summed E-state index contributed by atoms with van der Waals surface area (Å²) in [5.41, 5.74) is 2.28. The van der Waals surface area contributed by atoms with Crippen LogP contribution in [0, 0.1) is 6.92 Å². The molecule has 0 atom stereocenters. The Labute approximate surface area is 93.4 Å². The third-order valence-corrected chi connectivity index (χ3v) is 2.20. The molecule has 1 aromatic carbocycles. The fraction of sp³-hybridized carbons (Fsp3) is 0. The Morgan fingerprint density at radius 3 is 2.38 bits per heavy atom. The molecule has 2 radical (unpaired) electrons. The number of aromatic carboxylic acids is 1. The predicted molar refractivity (Wildman–Crippen MR) is 60.0 cm³/mol. The molecular weight excluding hydrogens is 202 g/mol. The second-order valence-corrected chi connectivity index (χ2v) is 3.33. The van der Waals surface area contributed by atoms with Crippen LogP contribution >= 0.6 is 0 Å². The van der Waals surface area contributed by atoms with Crippen molar-refractivity contribution in [3.05, 3.63) is 60.6 Å². The topological polar surface area (TPSA) is 50.2 Å². The summed E-state index contributed by atoms with van der Waals surface area (Å²) in [4.78, 5) is 14.8. The Morgan fingerprint density at radius 1 is 1.12 bits per heavy atom. The van der Waals surface area contributed by atoms with E-state index in [4.69, 9.17) is 12.0 Å². The summed E-state index contributed by atoms with van der Waals surface area (Å²) in [6.45, 7) is 5.57. The molecule has 2 aromatic rings. The van der Waals surface area contributed by atoms with Gasteiger partial charge in [-0.2, -0.15) is 0 Å². The van der Waals surface area contributed by atoms with Crippen molar-refractivity contribution in [1.82, 2.24) is 4.98 Å². The predicted octanol–water partition coefficient (Wildman–Crippen LogP) is 2.51. The minimum absolute atomic E-state index is 0.257. The first kappa shape index (κ1) is 10.4. The van der Waals surface area contributed by atoms with Crippen LogP contribution in [0.4, 0.5) is 0 Å². The lowest BCUT2D eigenvalue weighted by atomic mass is 10.1. The van der Waals surface area contributed by atoms with E-state index >= 15 is 0 Å². The van der Waals surface area contributed by atoms with E-state index in [1.54, 1.807) is 30.3 Å². The summed E-state index contributed by atoms with van der Waals surface area (Å²) >= 11 is 0. The van der Waals surface area contributed by atoms with Crippen LogP contribution in [-0.4, -0.2) is 16.1 Å². The van der Waals surface area contributed by atoms with Crippen molar-refractivity contribution in [3.63, 3.8) is 0 Å². The van der Waals surface area contributed by atoms with Crippen molar-refractivity contribution in [2.24, 2.45) is 0 Å². The maximum Gasteiger partial charge on any atom is 0.335 e. The van der Waals surface area contributed by atoms with Crippen molar-refractivity contribution in [3.8, 4) is 11.3 Å². The smallest absolute Gasteiger partial charge is 0.335 e. The minimum atomic E-state index is -0.938. The molecule has 0 saturated carbocycles. The SMILES string of the molecule is [CH]c1cccc(-c2ccc(C(=O)O)cc2)n1. The lowest BCUT2D eigenvalue weighted by molar-refractivity contribution is 0.0697. The van der Waals surface area contributed by atoms with E-state index in [9.17, 15) is 4.79 Å². The Hall–Kier alpha value is -2.16. The molecule has 0 unspecified atom stereocenters. The zero-order valence-electron chi connectivity index (χ0n) is 8.42. The number of pyridine rings is 1. The number of aromatic nitrogens is 1. The molecule has 0 aliphatic heterocycles. The van der Waals surface area contributed by atoms with Gasteiger partial charge in [0, 0.05) is 18.2 Å². The lowest BCUT2D eigenvalue weighted by Gasteiger charge is -2.02. The lowest BCUT2D eigenvalue weighted by Crippen LogP contribution is -1.95. The summed E-state index contributed by atoms with van der Waals surface area (Å²) in [5, 5.41) is 8.75. The molecule has 1 N–H and O–H groups in total. The third-order valence-electron chi connectivity index (χ3n) is 2.20. The Kier molecular flexibility index (Phi) is 2.68. The van der Waals surface area contributed by atoms with Gasteiger partial charge >= 0.3 is 5.97 Å². The number of carboxylic acids is 1.